The maximum Gasteiger partial charge on any atom is 0.242 e. The van der Waals surface area contributed by atoms with E-state index in [9.17, 15) is 4.79 Å². The predicted octanol–water partition coefficient (Wildman–Crippen LogP) is 2.08. The van der Waals surface area contributed by atoms with Crippen LogP contribution in [0.5, 0.6) is 0 Å². The van der Waals surface area contributed by atoms with E-state index in [4.69, 9.17) is 5.10 Å². The molecule has 2 N–H and O–H groups in total. The average Bonchev–Trinajstić information content (AvgIpc) is 2.93. The number of rotatable bonds is 7. The highest BCUT2D eigenvalue weighted by molar-refractivity contribution is 5.83. The summed E-state index contributed by atoms with van der Waals surface area (Å²) >= 11 is 0. The lowest BCUT2D eigenvalue weighted by molar-refractivity contribution is -0.123. The normalized spacial score (nSPS) is 15.9. The molecule has 0 saturated carbocycles. The van der Waals surface area contributed by atoms with Gasteiger partial charge in [0.15, 0.2) is 0 Å². The topological polar surface area (TPSA) is 62.2 Å². The first-order chi connectivity index (χ1) is 12.7. The highest BCUT2D eigenvalue weighted by Crippen LogP contribution is 2.15. The van der Waals surface area contributed by atoms with Crippen LogP contribution in [0.4, 0.5) is 0 Å². The molecular formula is C20H29N5O. The molecule has 0 aliphatic carbocycles. The first-order valence-electron chi connectivity index (χ1n) is 9.49. The number of nitrogens with zero attached hydrogens (tertiary/aromatic N) is 3. The zero-order valence-corrected chi connectivity index (χ0v) is 15.7. The Morgan fingerprint density at radius 1 is 1.27 bits per heavy atom. The fourth-order valence-electron chi connectivity index (χ4n) is 3.56. The zero-order valence-electron chi connectivity index (χ0n) is 15.7. The van der Waals surface area contributed by atoms with E-state index in [0.29, 0.717) is 6.54 Å². The average molecular weight is 355 g/mol. The molecule has 6 nitrogen and oxygen atoms in total. The van der Waals surface area contributed by atoms with Crippen molar-refractivity contribution in [3.8, 4) is 0 Å². The Hall–Kier alpha value is -2.18. The van der Waals surface area contributed by atoms with E-state index in [0.717, 1.165) is 43.9 Å². The van der Waals surface area contributed by atoms with Crippen molar-refractivity contribution in [2.24, 2.45) is 0 Å². The van der Waals surface area contributed by atoms with Gasteiger partial charge in [-0.05, 0) is 38.1 Å². The van der Waals surface area contributed by atoms with Gasteiger partial charge in [-0.25, -0.2) is 0 Å². The number of benzene rings is 1. The second-order valence-electron chi connectivity index (χ2n) is 6.83. The van der Waals surface area contributed by atoms with Crippen LogP contribution in [0, 0.1) is 0 Å². The number of aromatic nitrogens is 2. The number of nitrogens with one attached hydrogen (secondary N) is 2. The first-order valence-corrected chi connectivity index (χ1v) is 9.49. The van der Waals surface area contributed by atoms with Gasteiger partial charge in [0.25, 0.3) is 0 Å². The van der Waals surface area contributed by atoms with Crippen molar-refractivity contribution >= 4 is 5.91 Å². The van der Waals surface area contributed by atoms with Gasteiger partial charge < -0.3 is 10.6 Å². The maximum absolute atomic E-state index is 12.6. The van der Waals surface area contributed by atoms with E-state index in [2.05, 4.69) is 33.2 Å². The van der Waals surface area contributed by atoms with E-state index in [-0.39, 0.29) is 11.9 Å². The minimum Gasteiger partial charge on any atom is -0.349 e. The largest absolute Gasteiger partial charge is 0.349 e. The van der Waals surface area contributed by atoms with E-state index in [1.165, 1.54) is 12.1 Å². The van der Waals surface area contributed by atoms with E-state index in [1.54, 1.807) is 7.05 Å². The molecule has 1 aromatic heterocycles. The van der Waals surface area contributed by atoms with Crippen molar-refractivity contribution in [3.05, 3.63) is 53.3 Å². The lowest BCUT2D eigenvalue weighted by Crippen LogP contribution is -2.35. The lowest BCUT2D eigenvalue weighted by Gasteiger charge is -2.17. The molecular weight excluding hydrogens is 326 g/mol. The molecule has 6 heteroatoms. The van der Waals surface area contributed by atoms with Crippen molar-refractivity contribution in [2.75, 3.05) is 20.1 Å². The third kappa shape index (κ3) is 4.51. The molecule has 26 heavy (non-hydrogen) atoms. The fraction of sp³-hybridized carbons (Fsp3) is 0.500. The van der Waals surface area contributed by atoms with Gasteiger partial charge in [-0.1, -0.05) is 37.3 Å². The van der Waals surface area contributed by atoms with Crippen LogP contribution in [0.25, 0.3) is 0 Å². The van der Waals surface area contributed by atoms with Gasteiger partial charge in [0.2, 0.25) is 5.91 Å². The summed E-state index contributed by atoms with van der Waals surface area (Å²) in [6, 6.07) is 11.5. The highest BCUT2D eigenvalue weighted by atomic mass is 16.2. The van der Waals surface area contributed by atoms with Crippen molar-refractivity contribution in [2.45, 2.75) is 45.4 Å². The number of amides is 1. The number of aryl methyl sites for hydroxylation is 1. The lowest BCUT2D eigenvalue weighted by atomic mass is 10.1. The maximum atomic E-state index is 12.6. The number of likely N-dealkylation sites (N-methyl/N-ethyl adjacent to an activating group) is 1. The molecule has 140 valence electrons. The SMILES string of the molecule is CCCN1CCCn2nc(CNC(=O)[C@H](NC)c3ccccc3)cc2C1. The minimum atomic E-state index is -0.350. The molecule has 1 atom stereocenters. The Morgan fingerprint density at radius 2 is 2.08 bits per heavy atom. The van der Waals surface area contributed by atoms with Gasteiger partial charge in [-0.2, -0.15) is 5.10 Å². The third-order valence-electron chi connectivity index (χ3n) is 4.81. The Balaban J connectivity index is 1.61. The Bertz CT molecular complexity index is 712. The summed E-state index contributed by atoms with van der Waals surface area (Å²) < 4.78 is 2.10. The van der Waals surface area contributed by atoms with Gasteiger partial charge in [-0.15, -0.1) is 0 Å². The summed E-state index contributed by atoms with van der Waals surface area (Å²) in [6.45, 7) is 6.82. The van der Waals surface area contributed by atoms with Crippen LogP contribution < -0.4 is 10.6 Å². The number of fused-ring (bicyclic) bond motifs is 1. The van der Waals surface area contributed by atoms with Gasteiger partial charge in [0.05, 0.1) is 17.9 Å². The van der Waals surface area contributed by atoms with Crippen LogP contribution in [-0.4, -0.2) is 40.7 Å². The molecule has 0 radical (unpaired) electrons. The molecule has 3 rings (SSSR count). The van der Waals surface area contributed by atoms with Gasteiger partial charge in [-0.3, -0.25) is 14.4 Å². The molecule has 1 aliphatic heterocycles. The van der Waals surface area contributed by atoms with Crippen LogP contribution in [0.15, 0.2) is 36.4 Å². The van der Waals surface area contributed by atoms with E-state index < -0.39 is 0 Å². The molecule has 1 aliphatic rings. The summed E-state index contributed by atoms with van der Waals surface area (Å²) in [5, 5.41) is 10.8. The van der Waals surface area contributed by atoms with Crippen LogP contribution in [0.1, 0.15) is 42.8 Å². The van der Waals surface area contributed by atoms with E-state index >= 15 is 0 Å². The molecule has 2 aromatic rings. The van der Waals surface area contributed by atoms with Crippen molar-refractivity contribution < 1.29 is 4.79 Å². The molecule has 0 spiro atoms. The first kappa shape index (κ1) is 18.6. The fourth-order valence-corrected chi connectivity index (χ4v) is 3.56. The van der Waals surface area contributed by atoms with Gasteiger partial charge >= 0.3 is 0 Å². The minimum absolute atomic E-state index is 0.0329. The molecule has 2 heterocycles. The number of carbonyl (C=O) groups excluding carboxylic acids is 1. The Morgan fingerprint density at radius 3 is 2.81 bits per heavy atom. The molecule has 0 unspecified atom stereocenters. The van der Waals surface area contributed by atoms with Crippen LogP contribution in [0.3, 0.4) is 0 Å². The predicted molar refractivity (Wildman–Crippen MR) is 103 cm³/mol. The summed E-state index contributed by atoms with van der Waals surface area (Å²) in [6.07, 6.45) is 2.29. The molecule has 0 bridgehead atoms. The summed E-state index contributed by atoms with van der Waals surface area (Å²) in [5.41, 5.74) is 3.13. The van der Waals surface area contributed by atoms with Crippen LogP contribution in [0.2, 0.25) is 0 Å². The highest BCUT2D eigenvalue weighted by Gasteiger charge is 2.20. The van der Waals surface area contributed by atoms with Crippen molar-refractivity contribution in [1.82, 2.24) is 25.3 Å². The van der Waals surface area contributed by atoms with Crippen molar-refractivity contribution in [3.63, 3.8) is 0 Å². The monoisotopic (exact) mass is 355 g/mol. The number of hydrogen-bond acceptors (Lipinski definition) is 4. The molecule has 1 aromatic carbocycles. The second kappa shape index (κ2) is 8.96. The Labute approximate surface area is 155 Å². The standard InChI is InChI=1S/C20H29N5O/c1-3-10-24-11-7-12-25-18(15-24)13-17(23-25)14-22-20(26)19(21-2)16-8-5-4-6-9-16/h4-6,8-9,13,19,21H,3,7,10-12,14-15H2,1-2H3,(H,22,26)/t19-/m1/s1. The molecule has 0 saturated heterocycles. The third-order valence-corrected chi connectivity index (χ3v) is 4.81. The quantitative estimate of drug-likeness (QED) is 0.798. The van der Waals surface area contributed by atoms with Gasteiger partial charge in [0, 0.05) is 19.6 Å². The van der Waals surface area contributed by atoms with Crippen LogP contribution >= 0.6 is 0 Å². The van der Waals surface area contributed by atoms with E-state index in [1.807, 2.05) is 30.3 Å². The Kier molecular flexibility index (Phi) is 6.41. The summed E-state index contributed by atoms with van der Waals surface area (Å²) in [5.74, 6) is -0.0329. The molecule has 0 fully saturated rings. The van der Waals surface area contributed by atoms with Crippen molar-refractivity contribution in [1.29, 1.82) is 0 Å². The summed E-state index contributed by atoms with van der Waals surface area (Å²) in [7, 11) is 1.80. The smallest absolute Gasteiger partial charge is 0.242 e. The molecule has 1 amide bonds. The van der Waals surface area contributed by atoms with Crippen LogP contribution in [-0.2, 0) is 24.4 Å². The number of hydrogen-bond donors (Lipinski definition) is 2. The van der Waals surface area contributed by atoms with Gasteiger partial charge in [0.1, 0.15) is 6.04 Å². The zero-order chi connectivity index (χ0) is 18.4. The summed E-state index contributed by atoms with van der Waals surface area (Å²) in [4.78, 5) is 15.0. The second-order valence-corrected chi connectivity index (χ2v) is 6.83. The number of carbonyl (C=O) groups is 1.